The van der Waals surface area contributed by atoms with E-state index < -0.39 is 0 Å². The van der Waals surface area contributed by atoms with Gasteiger partial charge in [0.2, 0.25) is 0 Å². The summed E-state index contributed by atoms with van der Waals surface area (Å²) in [6.45, 7) is 6.56. The Balaban J connectivity index is 1.65. The number of thioether (sulfide) groups is 1. The first kappa shape index (κ1) is 19.4. The monoisotopic (exact) mass is 418 g/mol. The summed E-state index contributed by atoms with van der Waals surface area (Å²) in [5.41, 5.74) is 3.65. The van der Waals surface area contributed by atoms with Crippen molar-refractivity contribution in [1.82, 2.24) is 10.3 Å². The lowest BCUT2D eigenvalue weighted by Gasteiger charge is -2.18. The van der Waals surface area contributed by atoms with Crippen LogP contribution in [0.2, 0.25) is 0 Å². The number of nitrogens with one attached hydrogen (secondary N) is 1. The first-order valence-corrected chi connectivity index (χ1v) is 10.3. The summed E-state index contributed by atoms with van der Waals surface area (Å²) >= 11 is 6.24. The van der Waals surface area contributed by atoms with Crippen molar-refractivity contribution in [3.8, 4) is 11.8 Å². The Morgan fingerprint density at radius 1 is 1.17 bits per heavy atom. The predicted molar refractivity (Wildman–Crippen MR) is 121 cm³/mol. The van der Waals surface area contributed by atoms with Crippen LogP contribution in [0, 0.1) is 11.8 Å². The third-order valence-corrected chi connectivity index (χ3v) is 5.61. The summed E-state index contributed by atoms with van der Waals surface area (Å²) in [5.74, 6) is 6.68. The minimum atomic E-state index is -0.211. The van der Waals surface area contributed by atoms with Crippen LogP contribution in [0.15, 0.2) is 52.0 Å². The van der Waals surface area contributed by atoms with Crippen LogP contribution >= 0.6 is 24.0 Å². The van der Waals surface area contributed by atoms with Crippen molar-refractivity contribution in [2.45, 2.75) is 26.2 Å². The largest absolute Gasteiger partial charge is 0.455 e. The van der Waals surface area contributed by atoms with E-state index >= 15 is 0 Å². The van der Waals surface area contributed by atoms with Gasteiger partial charge < -0.3 is 9.73 Å². The molecule has 1 aliphatic heterocycles. The minimum absolute atomic E-state index is 0.110. The molecule has 1 N–H and O–H groups in total. The van der Waals surface area contributed by atoms with Gasteiger partial charge in [0.25, 0.3) is 5.91 Å². The second kappa shape index (κ2) is 7.51. The number of nitrogens with zero attached hydrogens (tertiary/aromatic N) is 1. The molecule has 1 amide bonds. The fraction of sp³-hybridized carbons (Fsp3) is 0.174. The SMILES string of the molecule is CC(C)(C)c1ccc(C#Cc2cncc3cc(/C=C4/SC(=S)NC4=O)oc23)cc1. The van der Waals surface area contributed by atoms with Crippen molar-refractivity contribution in [2.75, 3.05) is 0 Å². The van der Waals surface area contributed by atoms with Crippen LogP contribution in [0.3, 0.4) is 0 Å². The summed E-state index contributed by atoms with van der Waals surface area (Å²) in [5, 5.41) is 3.43. The van der Waals surface area contributed by atoms with Crippen molar-refractivity contribution in [2.24, 2.45) is 0 Å². The normalized spacial score (nSPS) is 15.5. The maximum atomic E-state index is 11.9. The molecule has 29 heavy (non-hydrogen) atoms. The lowest BCUT2D eigenvalue weighted by molar-refractivity contribution is -0.115. The molecule has 0 spiro atoms. The molecule has 4 rings (SSSR count). The lowest BCUT2D eigenvalue weighted by Crippen LogP contribution is -2.17. The van der Waals surface area contributed by atoms with Crippen LogP contribution in [0.5, 0.6) is 0 Å². The van der Waals surface area contributed by atoms with Gasteiger partial charge in [0, 0.05) is 29.4 Å². The van der Waals surface area contributed by atoms with Crippen molar-refractivity contribution in [3.05, 3.63) is 70.1 Å². The quantitative estimate of drug-likeness (QED) is 0.342. The molecule has 3 aromatic rings. The van der Waals surface area contributed by atoms with Gasteiger partial charge in [-0.1, -0.05) is 68.7 Å². The summed E-state index contributed by atoms with van der Waals surface area (Å²) in [4.78, 5) is 16.6. The topological polar surface area (TPSA) is 55.1 Å². The molecule has 0 unspecified atom stereocenters. The first-order chi connectivity index (χ1) is 13.8. The third-order valence-electron chi connectivity index (χ3n) is 4.45. The molecule has 2 aromatic heterocycles. The number of aromatic nitrogens is 1. The number of amides is 1. The molecular weight excluding hydrogens is 400 g/mol. The van der Waals surface area contributed by atoms with Gasteiger partial charge >= 0.3 is 0 Å². The summed E-state index contributed by atoms with van der Waals surface area (Å²) in [6.07, 6.45) is 5.09. The number of fused-ring (bicyclic) bond motifs is 1. The fourth-order valence-corrected chi connectivity index (χ4v) is 3.91. The third kappa shape index (κ3) is 4.26. The zero-order chi connectivity index (χ0) is 20.6. The molecular formula is C23H18N2O2S2. The molecule has 1 fully saturated rings. The van der Waals surface area contributed by atoms with Gasteiger partial charge in [0.15, 0.2) is 5.58 Å². The molecule has 1 aromatic carbocycles. The Hall–Kier alpha value is -2.88. The lowest BCUT2D eigenvalue weighted by atomic mass is 9.87. The van der Waals surface area contributed by atoms with E-state index in [0.29, 0.717) is 26.1 Å². The average Bonchev–Trinajstić information content (AvgIpc) is 3.22. The number of hydrogen-bond donors (Lipinski definition) is 1. The highest BCUT2D eigenvalue weighted by molar-refractivity contribution is 8.26. The fourth-order valence-electron chi connectivity index (χ4n) is 2.89. The highest BCUT2D eigenvalue weighted by Gasteiger charge is 2.22. The van der Waals surface area contributed by atoms with Crippen molar-refractivity contribution < 1.29 is 9.21 Å². The van der Waals surface area contributed by atoms with Crippen LogP contribution in [0.25, 0.3) is 17.0 Å². The second-order valence-corrected chi connectivity index (χ2v) is 9.40. The Morgan fingerprint density at radius 2 is 1.93 bits per heavy atom. The Kier molecular flexibility index (Phi) is 5.03. The molecule has 1 aliphatic rings. The van der Waals surface area contributed by atoms with Crippen LogP contribution < -0.4 is 5.32 Å². The predicted octanol–water partition coefficient (Wildman–Crippen LogP) is 5.01. The maximum Gasteiger partial charge on any atom is 0.263 e. The van der Waals surface area contributed by atoms with Gasteiger partial charge in [-0.3, -0.25) is 9.78 Å². The minimum Gasteiger partial charge on any atom is -0.455 e. The second-order valence-electron chi connectivity index (χ2n) is 7.68. The molecule has 0 aliphatic carbocycles. The Bertz CT molecular complexity index is 1220. The molecule has 4 nitrogen and oxygen atoms in total. The van der Waals surface area contributed by atoms with Crippen LogP contribution in [0.4, 0.5) is 0 Å². The van der Waals surface area contributed by atoms with E-state index in [4.69, 9.17) is 16.6 Å². The summed E-state index contributed by atoms with van der Waals surface area (Å²) in [6, 6.07) is 10.1. The van der Waals surface area contributed by atoms with Gasteiger partial charge in [0.1, 0.15) is 10.1 Å². The summed E-state index contributed by atoms with van der Waals surface area (Å²) < 4.78 is 6.39. The standard InChI is InChI=1S/C23H18N2O2S2/c1-23(2,3)17-8-5-14(6-9-17)4-7-15-12-24-13-16-10-18(27-20(15)16)11-19-21(26)25-22(28)29-19/h5-6,8-13H,1-3H3,(H,25,26,28)/b19-11+. The summed E-state index contributed by atoms with van der Waals surface area (Å²) in [7, 11) is 0. The van der Waals surface area contributed by atoms with E-state index in [1.165, 1.54) is 17.3 Å². The van der Waals surface area contributed by atoms with Crippen molar-refractivity contribution >= 4 is 51.3 Å². The Morgan fingerprint density at radius 3 is 2.59 bits per heavy atom. The van der Waals surface area contributed by atoms with Crippen LogP contribution in [-0.4, -0.2) is 15.2 Å². The van der Waals surface area contributed by atoms with E-state index in [-0.39, 0.29) is 11.3 Å². The van der Waals surface area contributed by atoms with E-state index in [2.05, 4.69) is 55.0 Å². The maximum absolute atomic E-state index is 11.9. The smallest absolute Gasteiger partial charge is 0.263 e. The van der Waals surface area contributed by atoms with E-state index in [9.17, 15) is 4.79 Å². The van der Waals surface area contributed by atoms with Crippen molar-refractivity contribution in [3.63, 3.8) is 0 Å². The first-order valence-electron chi connectivity index (χ1n) is 9.04. The molecule has 0 saturated carbocycles. The molecule has 3 heterocycles. The number of benzene rings is 1. The molecule has 144 valence electrons. The van der Waals surface area contributed by atoms with Gasteiger partial charge in [0.05, 0.1) is 10.5 Å². The zero-order valence-corrected chi connectivity index (χ0v) is 17.8. The van der Waals surface area contributed by atoms with Crippen LogP contribution in [-0.2, 0) is 10.2 Å². The highest BCUT2D eigenvalue weighted by Crippen LogP contribution is 2.29. The highest BCUT2D eigenvalue weighted by atomic mass is 32.2. The number of rotatable bonds is 1. The van der Waals surface area contributed by atoms with E-state index in [1.807, 2.05) is 18.2 Å². The molecule has 0 bridgehead atoms. The molecule has 6 heteroatoms. The molecule has 1 saturated heterocycles. The van der Waals surface area contributed by atoms with Crippen LogP contribution in [0.1, 0.15) is 43.2 Å². The van der Waals surface area contributed by atoms with Crippen molar-refractivity contribution in [1.29, 1.82) is 0 Å². The molecule has 0 atom stereocenters. The number of furan rings is 1. The average molecular weight is 419 g/mol. The number of carbonyl (C=O) groups excluding carboxylic acids is 1. The molecule has 0 radical (unpaired) electrons. The Labute approximate surface area is 178 Å². The van der Waals surface area contributed by atoms with E-state index in [1.54, 1.807) is 18.5 Å². The van der Waals surface area contributed by atoms with Gasteiger partial charge in [-0.2, -0.15) is 0 Å². The number of pyridine rings is 1. The van der Waals surface area contributed by atoms with Gasteiger partial charge in [-0.15, -0.1) is 0 Å². The zero-order valence-electron chi connectivity index (χ0n) is 16.2. The van der Waals surface area contributed by atoms with Gasteiger partial charge in [-0.25, -0.2) is 0 Å². The van der Waals surface area contributed by atoms with E-state index in [0.717, 1.165) is 10.9 Å². The number of hydrogen-bond acceptors (Lipinski definition) is 5. The van der Waals surface area contributed by atoms with Gasteiger partial charge in [-0.05, 0) is 29.2 Å². The number of thiocarbonyl (C=S) groups is 1. The number of carbonyl (C=O) groups is 1.